The van der Waals surface area contributed by atoms with Gasteiger partial charge in [0.1, 0.15) is 0 Å². The fraction of sp³-hybridized carbons (Fsp3) is 0.562. The topological polar surface area (TPSA) is 32.3 Å². The lowest BCUT2D eigenvalue weighted by Gasteiger charge is -2.21. The second-order valence-electron chi connectivity index (χ2n) is 5.59. The van der Waals surface area contributed by atoms with Gasteiger partial charge in [-0.15, -0.1) is 0 Å². The predicted octanol–water partition coefficient (Wildman–Crippen LogP) is 2.60. The molecule has 3 heteroatoms. The van der Waals surface area contributed by atoms with Gasteiger partial charge in [-0.25, -0.2) is 0 Å². The fourth-order valence-electron chi connectivity index (χ4n) is 3.20. The standard InChI is InChI=1S/C16H22N2O/c19-16(18-10-3-4-11-18)12-17-15-9-5-7-13-6-1-2-8-14(13)15/h5,7,9,17H,1-4,6,8,10-12H2. The quantitative estimate of drug-likeness (QED) is 0.904. The first-order valence-corrected chi connectivity index (χ1v) is 7.47. The summed E-state index contributed by atoms with van der Waals surface area (Å²) in [6, 6.07) is 6.44. The molecule has 0 atom stereocenters. The van der Waals surface area contributed by atoms with E-state index in [1.54, 1.807) is 0 Å². The van der Waals surface area contributed by atoms with E-state index < -0.39 is 0 Å². The molecule has 1 aromatic carbocycles. The Morgan fingerprint density at radius 1 is 1.11 bits per heavy atom. The number of aryl methyl sites for hydroxylation is 1. The van der Waals surface area contributed by atoms with E-state index in [9.17, 15) is 4.79 Å². The second-order valence-corrected chi connectivity index (χ2v) is 5.59. The highest BCUT2D eigenvalue weighted by molar-refractivity contribution is 5.81. The first-order valence-electron chi connectivity index (χ1n) is 7.47. The molecular formula is C16H22N2O. The van der Waals surface area contributed by atoms with Crippen LogP contribution in [0.4, 0.5) is 5.69 Å². The van der Waals surface area contributed by atoms with Crippen LogP contribution < -0.4 is 5.32 Å². The molecule has 0 spiro atoms. The van der Waals surface area contributed by atoms with Gasteiger partial charge in [0.05, 0.1) is 6.54 Å². The number of carbonyl (C=O) groups is 1. The summed E-state index contributed by atoms with van der Waals surface area (Å²) in [6.07, 6.45) is 7.22. The summed E-state index contributed by atoms with van der Waals surface area (Å²) >= 11 is 0. The number of hydrogen-bond acceptors (Lipinski definition) is 2. The molecule has 102 valence electrons. The van der Waals surface area contributed by atoms with E-state index in [4.69, 9.17) is 0 Å². The highest BCUT2D eigenvalue weighted by Crippen LogP contribution is 2.27. The molecule has 1 aromatic rings. The zero-order chi connectivity index (χ0) is 13.1. The normalized spacial score (nSPS) is 18.2. The molecule has 0 saturated carbocycles. The first kappa shape index (κ1) is 12.5. The van der Waals surface area contributed by atoms with Crippen LogP contribution in [0.3, 0.4) is 0 Å². The maximum Gasteiger partial charge on any atom is 0.241 e. The van der Waals surface area contributed by atoms with Crippen LogP contribution >= 0.6 is 0 Å². The van der Waals surface area contributed by atoms with Crippen molar-refractivity contribution < 1.29 is 4.79 Å². The molecular weight excluding hydrogens is 236 g/mol. The Morgan fingerprint density at radius 3 is 2.74 bits per heavy atom. The maximum absolute atomic E-state index is 12.1. The summed E-state index contributed by atoms with van der Waals surface area (Å²) in [5, 5.41) is 3.36. The van der Waals surface area contributed by atoms with Crippen molar-refractivity contribution >= 4 is 11.6 Å². The van der Waals surface area contributed by atoms with Crippen molar-refractivity contribution in [1.82, 2.24) is 4.90 Å². The Kier molecular flexibility index (Phi) is 3.72. The van der Waals surface area contributed by atoms with Gasteiger partial charge >= 0.3 is 0 Å². The van der Waals surface area contributed by atoms with Gasteiger partial charge in [-0.1, -0.05) is 12.1 Å². The molecule has 19 heavy (non-hydrogen) atoms. The minimum absolute atomic E-state index is 0.242. The molecule has 3 nitrogen and oxygen atoms in total. The molecule has 0 bridgehead atoms. The number of nitrogens with zero attached hydrogens (tertiary/aromatic N) is 1. The number of likely N-dealkylation sites (tertiary alicyclic amines) is 1. The van der Waals surface area contributed by atoms with Gasteiger partial charge in [0.15, 0.2) is 0 Å². The lowest BCUT2D eigenvalue weighted by molar-refractivity contribution is -0.128. The van der Waals surface area contributed by atoms with E-state index in [0.717, 1.165) is 32.4 Å². The van der Waals surface area contributed by atoms with Gasteiger partial charge in [0.25, 0.3) is 0 Å². The van der Waals surface area contributed by atoms with E-state index >= 15 is 0 Å². The van der Waals surface area contributed by atoms with E-state index in [1.165, 1.54) is 36.1 Å². The zero-order valence-electron chi connectivity index (χ0n) is 11.5. The van der Waals surface area contributed by atoms with Crippen LogP contribution in [0.1, 0.15) is 36.8 Å². The maximum atomic E-state index is 12.1. The van der Waals surface area contributed by atoms with Crippen molar-refractivity contribution in [3.05, 3.63) is 29.3 Å². The number of nitrogens with one attached hydrogen (secondary N) is 1. The minimum atomic E-state index is 0.242. The summed E-state index contributed by atoms with van der Waals surface area (Å²) in [4.78, 5) is 14.0. The van der Waals surface area contributed by atoms with E-state index in [1.807, 2.05) is 4.90 Å². The predicted molar refractivity (Wildman–Crippen MR) is 77.4 cm³/mol. The highest BCUT2D eigenvalue weighted by atomic mass is 16.2. The number of carbonyl (C=O) groups excluding carboxylic acids is 1. The van der Waals surface area contributed by atoms with Crippen molar-refractivity contribution in [2.75, 3.05) is 25.0 Å². The van der Waals surface area contributed by atoms with E-state index in [0.29, 0.717) is 6.54 Å². The molecule has 0 unspecified atom stereocenters. The van der Waals surface area contributed by atoms with Gasteiger partial charge < -0.3 is 10.2 Å². The van der Waals surface area contributed by atoms with Crippen LogP contribution in [0.5, 0.6) is 0 Å². The Morgan fingerprint density at radius 2 is 1.89 bits per heavy atom. The molecule has 1 aliphatic heterocycles. The molecule has 1 fully saturated rings. The summed E-state index contributed by atoms with van der Waals surface area (Å²) in [5.74, 6) is 0.242. The Balaban J connectivity index is 1.65. The summed E-state index contributed by atoms with van der Waals surface area (Å²) in [7, 11) is 0. The van der Waals surface area contributed by atoms with Crippen LogP contribution in [-0.4, -0.2) is 30.4 Å². The van der Waals surface area contributed by atoms with Crippen molar-refractivity contribution in [3.8, 4) is 0 Å². The number of rotatable bonds is 3. The largest absolute Gasteiger partial charge is 0.376 e. The SMILES string of the molecule is O=C(CNc1cccc2c1CCCC2)N1CCCC1. The summed E-state index contributed by atoms with van der Waals surface area (Å²) < 4.78 is 0. The van der Waals surface area contributed by atoms with Gasteiger partial charge in [0.2, 0.25) is 5.91 Å². The average molecular weight is 258 g/mol. The molecule has 1 amide bonds. The molecule has 1 heterocycles. The smallest absolute Gasteiger partial charge is 0.241 e. The minimum Gasteiger partial charge on any atom is -0.376 e. The third kappa shape index (κ3) is 2.75. The fourth-order valence-corrected chi connectivity index (χ4v) is 3.20. The van der Waals surface area contributed by atoms with Crippen LogP contribution in [-0.2, 0) is 17.6 Å². The average Bonchev–Trinajstić information content (AvgIpc) is 2.99. The van der Waals surface area contributed by atoms with E-state index in [2.05, 4.69) is 23.5 Å². The van der Waals surface area contributed by atoms with Crippen molar-refractivity contribution in [1.29, 1.82) is 0 Å². The molecule has 1 saturated heterocycles. The van der Waals surface area contributed by atoms with Gasteiger partial charge in [-0.3, -0.25) is 4.79 Å². The highest BCUT2D eigenvalue weighted by Gasteiger charge is 2.18. The zero-order valence-corrected chi connectivity index (χ0v) is 11.5. The lowest BCUT2D eigenvalue weighted by atomic mass is 9.90. The second kappa shape index (κ2) is 5.64. The molecule has 2 aliphatic rings. The summed E-state index contributed by atoms with van der Waals surface area (Å²) in [6.45, 7) is 2.32. The third-order valence-corrected chi connectivity index (χ3v) is 4.28. The third-order valence-electron chi connectivity index (χ3n) is 4.28. The monoisotopic (exact) mass is 258 g/mol. The van der Waals surface area contributed by atoms with Crippen LogP contribution in [0.15, 0.2) is 18.2 Å². The Hall–Kier alpha value is -1.51. The Bertz CT molecular complexity index is 464. The number of fused-ring (bicyclic) bond motifs is 1. The van der Waals surface area contributed by atoms with Crippen LogP contribution in [0.2, 0.25) is 0 Å². The van der Waals surface area contributed by atoms with Crippen LogP contribution in [0, 0.1) is 0 Å². The van der Waals surface area contributed by atoms with Crippen molar-refractivity contribution in [2.24, 2.45) is 0 Å². The molecule has 3 rings (SSSR count). The number of amides is 1. The molecule has 1 N–H and O–H groups in total. The summed E-state index contributed by atoms with van der Waals surface area (Å²) in [5.41, 5.74) is 4.07. The van der Waals surface area contributed by atoms with Gasteiger partial charge in [0, 0.05) is 18.8 Å². The molecule has 0 radical (unpaired) electrons. The van der Waals surface area contributed by atoms with Gasteiger partial charge in [-0.2, -0.15) is 0 Å². The first-order chi connectivity index (χ1) is 9.34. The van der Waals surface area contributed by atoms with E-state index in [-0.39, 0.29) is 5.91 Å². The number of benzene rings is 1. The Labute approximate surface area is 115 Å². The lowest BCUT2D eigenvalue weighted by Crippen LogP contribution is -2.33. The van der Waals surface area contributed by atoms with Crippen LogP contribution in [0.25, 0.3) is 0 Å². The van der Waals surface area contributed by atoms with Crippen molar-refractivity contribution in [3.63, 3.8) is 0 Å². The molecule has 1 aliphatic carbocycles. The van der Waals surface area contributed by atoms with Gasteiger partial charge in [-0.05, 0) is 55.7 Å². The number of hydrogen-bond donors (Lipinski definition) is 1. The van der Waals surface area contributed by atoms with Crippen molar-refractivity contribution in [2.45, 2.75) is 38.5 Å². The molecule has 0 aromatic heterocycles. The number of anilines is 1.